The van der Waals surface area contributed by atoms with Crippen molar-refractivity contribution in [1.29, 1.82) is 0 Å². The molecule has 0 aliphatic carbocycles. The summed E-state index contributed by atoms with van der Waals surface area (Å²) in [6, 6.07) is 4.14. The van der Waals surface area contributed by atoms with Crippen LogP contribution in [-0.2, 0) is 4.79 Å². The number of nitrogen functional groups attached to an aromatic ring is 1. The van der Waals surface area contributed by atoms with Crippen molar-refractivity contribution in [2.75, 3.05) is 32.9 Å². The zero-order chi connectivity index (χ0) is 17.9. The molecule has 0 aromatic heterocycles. The first kappa shape index (κ1) is 18.7. The second-order valence-corrected chi connectivity index (χ2v) is 7.24. The molecule has 5 nitrogen and oxygen atoms in total. The molecule has 1 fully saturated rings. The van der Waals surface area contributed by atoms with Crippen LogP contribution in [0, 0.1) is 6.92 Å². The van der Waals surface area contributed by atoms with Gasteiger partial charge in [0, 0.05) is 13.1 Å². The van der Waals surface area contributed by atoms with Crippen molar-refractivity contribution in [3.05, 3.63) is 23.3 Å². The standard InChI is InChI=1S/C19H31N3O2/c1-13(2)24-18-11-16(14(3)10-17(18)20)15-6-8-22(9-7-15)19(12-23)21(4)5/h10-13,15,19H,6-9,20H2,1-5H3. The Bertz CT molecular complexity index is 564. The van der Waals surface area contributed by atoms with E-state index in [0.29, 0.717) is 11.6 Å². The molecule has 0 bridgehead atoms. The van der Waals surface area contributed by atoms with Gasteiger partial charge >= 0.3 is 0 Å². The molecular weight excluding hydrogens is 302 g/mol. The van der Waals surface area contributed by atoms with E-state index in [1.165, 1.54) is 11.1 Å². The normalized spacial score (nSPS) is 18.1. The highest BCUT2D eigenvalue weighted by Crippen LogP contribution is 2.36. The van der Waals surface area contributed by atoms with Gasteiger partial charge in [0.05, 0.1) is 11.8 Å². The maximum Gasteiger partial charge on any atom is 0.151 e. The molecule has 1 aliphatic rings. The molecule has 1 heterocycles. The van der Waals surface area contributed by atoms with Gasteiger partial charge in [-0.3, -0.25) is 9.80 Å². The van der Waals surface area contributed by atoms with Crippen molar-refractivity contribution in [3.63, 3.8) is 0 Å². The first-order valence-electron chi connectivity index (χ1n) is 8.76. The van der Waals surface area contributed by atoms with E-state index in [1.54, 1.807) is 0 Å². The second kappa shape index (κ2) is 7.99. The number of aldehydes is 1. The third-order valence-corrected chi connectivity index (χ3v) is 4.76. The summed E-state index contributed by atoms with van der Waals surface area (Å²) in [6.45, 7) is 7.99. The molecule has 1 unspecified atom stereocenters. The number of piperidine rings is 1. The zero-order valence-corrected chi connectivity index (χ0v) is 15.6. The van der Waals surface area contributed by atoms with Crippen LogP contribution >= 0.6 is 0 Å². The summed E-state index contributed by atoms with van der Waals surface area (Å²) in [5.41, 5.74) is 9.36. The number of likely N-dealkylation sites (N-methyl/N-ethyl adjacent to an activating group) is 1. The minimum Gasteiger partial charge on any atom is -0.489 e. The van der Waals surface area contributed by atoms with Crippen LogP contribution in [0.4, 0.5) is 5.69 Å². The van der Waals surface area contributed by atoms with Gasteiger partial charge in [-0.15, -0.1) is 0 Å². The molecule has 2 N–H and O–H groups in total. The molecule has 24 heavy (non-hydrogen) atoms. The number of aryl methyl sites for hydroxylation is 1. The number of anilines is 1. The number of benzene rings is 1. The van der Waals surface area contributed by atoms with Crippen LogP contribution in [0.2, 0.25) is 0 Å². The van der Waals surface area contributed by atoms with Crippen LogP contribution < -0.4 is 10.5 Å². The molecule has 0 saturated carbocycles. The highest BCUT2D eigenvalue weighted by atomic mass is 16.5. The monoisotopic (exact) mass is 333 g/mol. The van der Waals surface area contributed by atoms with Crippen LogP contribution in [0.1, 0.15) is 43.7 Å². The fourth-order valence-corrected chi connectivity index (χ4v) is 3.53. The number of carbonyl (C=O) groups excluding carboxylic acids is 1. The van der Waals surface area contributed by atoms with Crippen LogP contribution in [-0.4, -0.2) is 55.5 Å². The number of hydrogen-bond donors (Lipinski definition) is 1. The molecule has 1 atom stereocenters. The van der Waals surface area contributed by atoms with E-state index in [-0.39, 0.29) is 12.3 Å². The molecule has 1 aliphatic heterocycles. The second-order valence-electron chi connectivity index (χ2n) is 7.24. The lowest BCUT2D eigenvalue weighted by Gasteiger charge is -2.38. The maximum atomic E-state index is 11.3. The number of ether oxygens (including phenoxy) is 1. The van der Waals surface area contributed by atoms with Gasteiger partial charge in [0.1, 0.15) is 11.9 Å². The molecule has 0 spiro atoms. The molecule has 0 radical (unpaired) electrons. The van der Waals surface area contributed by atoms with Crippen molar-refractivity contribution in [1.82, 2.24) is 9.80 Å². The average Bonchev–Trinajstić information content (AvgIpc) is 2.51. The minimum absolute atomic E-state index is 0.109. The summed E-state index contributed by atoms with van der Waals surface area (Å²) >= 11 is 0. The Morgan fingerprint density at radius 3 is 2.42 bits per heavy atom. The summed E-state index contributed by atoms with van der Waals surface area (Å²) in [5, 5.41) is 0. The summed E-state index contributed by atoms with van der Waals surface area (Å²) in [5.74, 6) is 1.28. The van der Waals surface area contributed by atoms with Crippen LogP contribution in [0.3, 0.4) is 0 Å². The van der Waals surface area contributed by atoms with Gasteiger partial charge in [-0.2, -0.15) is 0 Å². The van der Waals surface area contributed by atoms with Gasteiger partial charge in [0.2, 0.25) is 0 Å². The van der Waals surface area contributed by atoms with Gasteiger partial charge in [-0.25, -0.2) is 0 Å². The zero-order valence-electron chi connectivity index (χ0n) is 15.6. The lowest BCUT2D eigenvalue weighted by Crippen LogP contribution is -2.49. The third-order valence-electron chi connectivity index (χ3n) is 4.76. The van der Waals surface area contributed by atoms with Crippen LogP contribution in [0.15, 0.2) is 12.1 Å². The Hall–Kier alpha value is -1.59. The van der Waals surface area contributed by atoms with E-state index in [1.807, 2.05) is 38.9 Å². The molecular formula is C19H31N3O2. The van der Waals surface area contributed by atoms with Gasteiger partial charge < -0.3 is 15.3 Å². The number of likely N-dealkylation sites (tertiary alicyclic amines) is 1. The predicted octanol–water partition coefficient (Wildman–Crippen LogP) is 2.63. The minimum atomic E-state index is -0.127. The first-order chi connectivity index (χ1) is 11.3. The molecule has 1 aromatic rings. The number of rotatable bonds is 6. The van der Waals surface area contributed by atoms with Gasteiger partial charge in [-0.05, 0) is 76.9 Å². The van der Waals surface area contributed by atoms with E-state index in [4.69, 9.17) is 10.5 Å². The summed E-state index contributed by atoms with van der Waals surface area (Å²) in [7, 11) is 3.90. The largest absolute Gasteiger partial charge is 0.489 e. The van der Waals surface area contributed by atoms with E-state index < -0.39 is 0 Å². The van der Waals surface area contributed by atoms with Gasteiger partial charge in [0.15, 0.2) is 6.29 Å². The average molecular weight is 333 g/mol. The van der Waals surface area contributed by atoms with Crippen LogP contribution in [0.25, 0.3) is 0 Å². The summed E-state index contributed by atoms with van der Waals surface area (Å²) in [4.78, 5) is 15.5. The van der Waals surface area contributed by atoms with Crippen molar-refractivity contribution in [3.8, 4) is 5.75 Å². The van der Waals surface area contributed by atoms with E-state index in [2.05, 4.69) is 17.9 Å². The third kappa shape index (κ3) is 4.28. The number of hydrogen-bond acceptors (Lipinski definition) is 5. The first-order valence-corrected chi connectivity index (χ1v) is 8.76. The quantitative estimate of drug-likeness (QED) is 0.640. The molecule has 5 heteroatoms. The van der Waals surface area contributed by atoms with Crippen molar-refractivity contribution in [2.45, 2.75) is 51.8 Å². The van der Waals surface area contributed by atoms with Gasteiger partial charge in [0.25, 0.3) is 0 Å². The topological polar surface area (TPSA) is 58.8 Å². The maximum absolute atomic E-state index is 11.3. The Morgan fingerprint density at radius 2 is 1.92 bits per heavy atom. The Labute approximate surface area is 145 Å². The number of carbonyl (C=O) groups is 1. The molecule has 1 aromatic carbocycles. The molecule has 134 valence electrons. The number of nitrogens with zero attached hydrogens (tertiary/aromatic N) is 2. The predicted molar refractivity (Wildman–Crippen MR) is 98.4 cm³/mol. The van der Waals surface area contributed by atoms with Crippen molar-refractivity contribution < 1.29 is 9.53 Å². The molecule has 2 rings (SSSR count). The molecule has 0 amide bonds. The van der Waals surface area contributed by atoms with E-state index in [0.717, 1.165) is 38.0 Å². The van der Waals surface area contributed by atoms with Gasteiger partial charge in [-0.1, -0.05) is 0 Å². The lowest BCUT2D eigenvalue weighted by molar-refractivity contribution is -0.118. The SMILES string of the molecule is Cc1cc(N)c(OC(C)C)cc1C1CCN(C(C=O)N(C)C)CC1. The Balaban J connectivity index is 2.12. The summed E-state index contributed by atoms with van der Waals surface area (Å²) < 4.78 is 5.85. The smallest absolute Gasteiger partial charge is 0.151 e. The highest BCUT2D eigenvalue weighted by Gasteiger charge is 2.27. The van der Waals surface area contributed by atoms with E-state index in [9.17, 15) is 4.79 Å². The van der Waals surface area contributed by atoms with Crippen molar-refractivity contribution in [2.24, 2.45) is 0 Å². The fraction of sp³-hybridized carbons (Fsp3) is 0.632. The van der Waals surface area contributed by atoms with Crippen LogP contribution in [0.5, 0.6) is 5.75 Å². The summed E-state index contributed by atoms with van der Waals surface area (Å²) in [6.07, 6.45) is 3.11. The number of nitrogens with two attached hydrogens (primary N) is 1. The lowest BCUT2D eigenvalue weighted by atomic mass is 9.86. The highest BCUT2D eigenvalue weighted by molar-refractivity contribution is 5.58. The molecule has 1 saturated heterocycles. The fourth-order valence-electron chi connectivity index (χ4n) is 3.53. The van der Waals surface area contributed by atoms with Crippen molar-refractivity contribution >= 4 is 12.0 Å². The van der Waals surface area contributed by atoms with E-state index >= 15 is 0 Å². The Morgan fingerprint density at radius 1 is 1.29 bits per heavy atom. The Kier molecular flexibility index (Phi) is 6.24.